The summed E-state index contributed by atoms with van der Waals surface area (Å²) >= 11 is 0. The second-order valence-corrected chi connectivity index (χ2v) is 7.46. The molecule has 30 heavy (non-hydrogen) atoms. The number of nitrogens with zero attached hydrogens (tertiary/aromatic N) is 2. The molecule has 2 N–H and O–H groups in total. The van der Waals surface area contributed by atoms with Crippen molar-refractivity contribution in [2.45, 2.75) is 40.2 Å². The fourth-order valence-corrected chi connectivity index (χ4v) is 3.73. The molecule has 1 saturated heterocycles. The molecule has 1 heterocycles. The Morgan fingerprint density at radius 3 is 2.40 bits per heavy atom. The van der Waals surface area contributed by atoms with Crippen molar-refractivity contribution < 1.29 is 14.3 Å². The van der Waals surface area contributed by atoms with E-state index in [1.807, 2.05) is 26.8 Å². The highest BCUT2D eigenvalue weighted by atomic mass is 16.5. The van der Waals surface area contributed by atoms with Gasteiger partial charge >= 0.3 is 0 Å². The van der Waals surface area contributed by atoms with Crippen LogP contribution >= 0.6 is 0 Å². The molecule has 0 bridgehead atoms. The van der Waals surface area contributed by atoms with E-state index < -0.39 is 5.91 Å². The Balaban J connectivity index is 1.77. The molecule has 3 rings (SSSR count). The highest BCUT2D eigenvalue weighted by molar-refractivity contribution is 6.09. The topological polar surface area (TPSA) is 77.1 Å². The van der Waals surface area contributed by atoms with Crippen LogP contribution in [0.25, 0.3) is 0 Å². The lowest BCUT2D eigenvalue weighted by atomic mass is 10.0. The number of aliphatic imine (C=N–C) groups is 1. The van der Waals surface area contributed by atoms with Crippen LogP contribution in [0.5, 0.6) is 11.5 Å². The van der Waals surface area contributed by atoms with Crippen LogP contribution in [0.4, 0.5) is 0 Å². The van der Waals surface area contributed by atoms with Crippen molar-refractivity contribution in [1.82, 2.24) is 4.90 Å². The smallest absolute Gasteiger partial charge is 0.279 e. The van der Waals surface area contributed by atoms with E-state index in [-0.39, 0.29) is 5.84 Å². The second kappa shape index (κ2) is 10.3. The molecule has 0 radical (unpaired) electrons. The van der Waals surface area contributed by atoms with Gasteiger partial charge in [0.15, 0.2) is 11.5 Å². The van der Waals surface area contributed by atoms with Crippen LogP contribution in [0.2, 0.25) is 0 Å². The van der Waals surface area contributed by atoms with Crippen LogP contribution in [0.1, 0.15) is 53.7 Å². The maximum absolute atomic E-state index is 12.7. The van der Waals surface area contributed by atoms with Crippen molar-refractivity contribution in [2.75, 3.05) is 26.3 Å². The van der Waals surface area contributed by atoms with Crippen molar-refractivity contribution in [1.29, 1.82) is 0 Å². The molecule has 0 saturated carbocycles. The zero-order valence-electron chi connectivity index (χ0n) is 18.1. The Labute approximate surface area is 178 Å². The molecule has 1 aliphatic rings. The van der Waals surface area contributed by atoms with Gasteiger partial charge in [-0.15, -0.1) is 0 Å². The number of hydrogen-bond acceptors (Lipinski definition) is 4. The van der Waals surface area contributed by atoms with Crippen molar-refractivity contribution in [3.63, 3.8) is 0 Å². The summed E-state index contributed by atoms with van der Waals surface area (Å²) in [6.45, 7) is 10.0. The van der Waals surface area contributed by atoms with Crippen molar-refractivity contribution in [3.05, 3.63) is 58.7 Å². The number of nitrogens with two attached hydrogens (primary N) is 1. The van der Waals surface area contributed by atoms with Gasteiger partial charge in [0, 0.05) is 17.7 Å². The molecule has 0 atom stereocenters. The summed E-state index contributed by atoms with van der Waals surface area (Å²) in [6, 6.07) is 11.2. The Kier molecular flexibility index (Phi) is 7.46. The van der Waals surface area contributed by atoms with Crippen LogP contribution in [-0.4, -0.2) is 42.9 Å². The number of aryl methyl sites for hydroxylation is 1. The largest absolute Gasteiger partial charge is 0.490 e. The number of hydrogen-bond donors (Lipinski definition) is 1. The molecule has 2 aromatic carbocycles. The minimum absolute atomic E-state index is 0.220. The third-order valence-electron chi connectivity index (χ3n) is 5.18. The van der Waals surface area contributed by atoms with E-state index >= 15 is 0 Å². The predicted molar refractivity (Wildman–Crippen MR) is 120 cm³/mol. The molecule has 6 heteroatoms. The Morgan fingerprint density at radius 1 is 1.03 bits per heavy atom. The normalized spacial score (nSPS) is 14.7. The van der Waals surface area contributed by atoms with Gasteiger partial charge in [-0.2, -0.15) is 4.99 Å². The summed E-state index contributed by atoms with van der Waals surface area (Å²) in [7, 11) is 0. The minimum atomic E-state index is -0.406. The van der Waals surface area contributed by atoms with E-state index in [1.54, 1.807) is 18.2 Å². The van der Waals surface area contributed by atoms with Crippen molar-refractivity contribution >= 4 is 11.7 Å². The SMILES string of the molecule is CCOc1ccc(C(=O)N=C(N)c2ccc(CN3CCCC3)cc2C)cc1OCC. The lowest BCUT2D eigenvalue weighted by Crippen LogP contribution is -2.20. The molecule has 0 aliphatic carbocycles. The molecule has 6 nitrogen and oxygen atoms in total. The number of carbonyl (C=O) groups excluding carboxylic acids is 1. The fraction of sp³-hybridized carbons (Fsp3) is 0.417. The highest BCUT2D eigenvalue weighted by Gasteiger charge is 2.15. The van der Waals surface area contributed by atoms with Crippen molar-refractivity contribution in [2.24, 2.45) is 10.7 Å². The molecule has 1 aliphatic heterocycles. The Bertz CT molecular complexity index is 918. The molecule has 1 amide bonds. The summed E-state index contributed by atoms with van der Waals surface area (Å²) < 4.78 is 11.1. The third kappa shape index (κ3) is 5.39. The van der Waals surface area contributed by atoms with Crippen LogP contribution in [-0.2, 0) is 6.54 Å². The Morgan fingerprint density at radius 2 is 1.73 bits per heavy atom. The first kappa shape index (κ1) is 21.8. The number of amides is 1. The number of likely N-dealkylation sites (tertiary alicyclic amines) is 1. The number of carbonyl (C=O) groups is 1. The first-order valence-electron chi connectivity index (χ1n) is 10.6. The molecular weight excluding hydrogens is 378 g/mol. The quantitative estimate of drug-likeness (QED) is 0.528. The van der Waals surface area contributed by atoms with Gasteiger partial charge in [0.05, 0.1) is 13.2 Å². The molecular formula is C24H31N3O3. The van der Waals surface area contributed by atoms with E-state index in [0.29, 0.717) is 30.3 Å². The average molecular weight is 410 g/mol. The van der Waals surface area contributed by atoms with Gasteiger partial charge < -0.3 is 15.2 Å². The lowest BCUT2D eigenvalue weighted by Gasteiger charge is -2.16. The fourth-order valence-electron chi connectivity index (χ4n) is 3.73. The number of rotatable bonds is 8. The molecule has 1 fully saturated rings. The van der Waals surface area contributed by atoms with Crippen LogP contribution in [0, 0.1) is 6.92 Å². The van der Waals surface area contributed by atoms with Crippen LogP contribution in [0.15, 0.2) is 41.4 Å². The van der Waals surface area contributed by atoms with E-state index in [2.05, 4.69) is 22.0 Å². The van der Waals surface area contributed by atoms with E-state index in [0.717, 1.165) is 30.8 Å². The first-order valence-corrected chi connectivity index (χ1v) is 10.6. The molecule has 0 aromatic heterocycles. The van der Waals surface area contributed by atoms with Gasteiger partial charge in [-0.3, -0.25) is 9.69 Å². The van der Waals surface area contributed by atoms with Gasteiger partial charge in [-0.1, -0.05) is 18.2 Å². The van der Waals surface area contributed by atoms with Gasteiger partial charge in [0.1, 0.15) is 5.84 Å². The summed E-state index contributed by atoms with van der Waals surface area (Å²) in [6.07, 6.45) is 2.55. The third-order valence-corrected chi connectivity index (χ3v) is 5.18. The minimum Gasteiger partial charge on any atom is -0.490 e. The van der Waals surface area contributed by atoms with Crippen LogP contribution in [0.3, 0.4) is 0 Å². The molecule has 0 spiro atoms. The number of ether oxygens (including phenoxy) is 2. The number of amidine groups is 1. The summed E-state index contributed by atoms with van der Waals surface area (Å²) in [5, 5.41) is 0. The predicted octanol–water partition coefficient (Wildman–Crippen LogP) is 3.93. The lowest BCUT2D eigenvalue weighted by molar-refractivity contribution is 0.100. The maximum atomic E-state index is 12.7. The maximum Gasteiger partial charge on any atom is 0.279 e. The first-order chi connectivity index (χ1) is 14.5. The summed E-state index contributed by atoms with van der Waals surface area (Å²) in [5.41, 5.74) is 9.65. The summed E-state index contributed by atoms with van der Waals surface area (Å²) in [5.74, 6) is 0.952. The Hall–Kier alpha value is -2.86. The second-order valence-electron chi connectivity index (χ2n) is 7.46. The van der Waals surface area contributed by atoms with Gasteiger partial charge in [0.2, 0.25) is 0 Å². The summed E-state index contributed by atoms with van der Waals surface area (Å²) in [4.78, 5) is 19.3. The van der Waals surface area contributed by atoms with Crippen molar-refractivity contribution in [3.8, 4) is 11.5 Å². The van der Waals surface area contributed by atoms with E-state index in [4.69, 9.17) is 15.2 Å². The molecule has 0 unspecified atom stereocenters. The molecule has 160 valence electrons. The average Bonchev–Trinajstić information content (AvgIpc) is 3.22. The van der Waals surface area contributed by atoms with E-state index in [1.165, 1.54) is 18.4 Å². The van der Waals surface area contributed by atoms with Gasteiger partial charge in [-0.05, 0) is 76.0 Å². The van der Waals surface area contributed by atoms with Crippen LogP contribution < -0.4 is 15.2 Å². The van der Waals surface area contributed by atoms with Gasteiger partial charge in [-0.25, -0.2) is 0 Å². The zero-order chi connectivity index (χ0) is 21.5. The van der Waals surface area contributed by atoms with Gasteiger partial charge in [0.25, 0.3) is 5.91 Å². The monoisotopic (exact) mass is 409 g/mol. The standard InChI is InChI=1S/C24H31N3O3/c1-4-29-21-11-9-19(15-22(21)30-5-2)24(28)26-23(25)20-10-8-18(14-17(20)3)16-27-12-6-7-13-27/h8-11,14-15H,4-7,12-13,16H2,1-3H3,(H2,25,26,28). The molecule has 2 aromatic rings. The van der Waals surface area contributed by atoms with E-state index in [9.17, 15) is 4.79 Å². The highest BCUT2D eigenvalue weighted by Crippen LogP contribution is 2.29. The number of benzene rings is 2. The zero-order valence-corrected chi connectivity index (χ0v) is 18.1.